The lowest BCUT2D eigenvalue weighted by atomic mass is 10.1. The summed E-state index contributed by atoms with van der Waals surface area (Å²) in [5.41, 5.74) is 8.04. The van der Waals surface area contributed by atoms with E-state index < -0.39 is 0 Å². The molecule has 0 aliphatic rings. The molecule has 1 rings (SSSR count). The predicted molar refractivity (Wildman–Crippen MR) is 73.8 cm³/mol. The summed E-state index contributed by atoms with van der Waals surface area (Å²) in [4.78, 5) is 2.24. The van der Waals surface area contributed by atoms with Crippen molar-refractivity contribution in [1.29, 1.82) is 0 Å². The Kier molecular flexibility index (Phi) is 5.29. The minimum absolute atomic E-state index is 0.506. The zero-order valence-corrected chi connectivity index (χ0v) is 11.4. The van der Waals surface area contributed by atoms with Crippen LogP contribution in [0.25, 0.3) is 0 Å². The van der Waals surface area contributed by atoms with Crippen LogP contribution in [0.2, 0.25) is 0 Å². The maximum absolute atomic E-state index is 5.65. The van der Waals surface area contributed by atoms with Gasteiger partial charge in [0.05, 0.1) is 6.61 Å². The summed E-state index contributed by atoms with van der Waals surface area (Å²) < 4.78 is 5.54. The molecule has 1 aromatic carbocycles. The molecule has 0 saturated carbocycles. The van der Waals surface area contributed by atoms with E-state index in [0.29, 0.717) is 12.5 Å². The van der Waals surface area contributed by atoms with E-state index in [-0.39, 0.29) is 0 Å². The highest BCUT2D eigenvalue weighted by Crippen LogP contribution is 2.24. The van der Waals surface area contributed by atoms with Crippen molar-refractivity contribution < 1.29 is 4.74 Å². The molecule has 0 fully saturated rings. The van der Waals surface area contributed by atoms with Gasteiger partial charge >= 0.3 is 0 Å². The first-order valence-electron chi connectivity index (χ1n) is 6.23. The van der Waals surface area contributed by atoms with Crippen LogP contribution in [0.1, 0.15) is 19.4 Å². The number of hydrogen-bond acceptors (Lipinski definition) is 3. The van der Waals surface area contributed by atoms with Crippen molar-refractivity contribution >= 4 is 5.69 Å². The highest BCUT2D eigenvalue weighted by molar-refractivity contribution is 5.52. The molecule has 1 atom stereocenters. The second-order valence-corrected chi connectivity index (χ2v) is 4.60. The van der Waals surface area contributed by atoms with Crippen molar-refractivity contribution in [2.24, 2.45) is 11.7 Å². The van der Waals surface area contributed by atoms with Gasteiger partial charge in [-0.2, -0.15) is 0 Å². The van der Waals surface area contributed by atoms with Crippen LogP contribution in [0.4, 0.5) is 5.69 Å². The van der Waals surface area contributed by atoms with Gasteiger partial charge in [-0.25, -0.2) is 0 Å². The van der Waals surface area contributed by atoms with Crippen molar-refractivity contribution in [3.05, 3.63) is 23.8 Å². The summed E-state index contributed by atoms with van der Waals surface area (Å²) in [5.74, 6) is 1.48. The van der Waals surface area contributed by atoms with Crippen molar-refractivity contribution in [3.63, 3.8) is 0 Å². The minimum atomic E-state index is 0.506. The molecular weight excluding hydrogens is 212 g/mol. The zero-order chi connectivity index (χ0) is 12.8. The lowest BCUT2D eigenvalue weighted by molar-refractivity contribution is 0.338. The molecule has 0 spiro atoms. The average molecular weight is 236 g/mol. The normalized spacial score (nSPS) is 12.3. The predicted octanol–water partition coefficient (Wildman–Crippen LogP) is 2.42. The topological polar surface area (TPSA) is 38.5 Å². The van der Waals surface area contributed by atoms with Gasteiger partial charge in [-0.3, -0.25) is 0 Å². The number of aryl methyl sites for hydroxylation is 1. The number of anilines is 1. The molecule has 3 nitrogen and oxygen atoms in total. The van der Waals surface area contributed by atoms with E-state index in [9.17, 15) is 0 Å². The van der Waals surface area contributed by atoms with E-state index in [1.807, 2.05) is 13.0 Å². The Hall–Kier alpha value is -1.22. The van der Waals surface area contributed by atoms with E-state index >= 15 is 0 Å². The highest BCUT2D eigenvalue weighted by atomic mass is 16.5. The number of hydrogen-bond donors (Lipinski definition) is 1. The highest BCUT2D eigenvalue weighted by Gasteiger charge is 2.07. The third-order valence-corrected chi connectivity index (χ3v) is 2.89. The van der Waals surface area contributed by atoms with Gasteiger partial charge in [0.15, 0.2) is 0 Å². The fourth-order valence-electron chi connectivity index (χ4n) is 1.84. The lowest BCUT2D eigenvalue weighted by Crippen LogP contribution is -2.28. The molecule has 0 aliphatic heterocycles. The van der Waals surface area contributed by atoms with E-state index in [2.05, 4.69) is 37.9 Å². The Bertz CT molecular complexity index is 352. The largest absolute Gasteiger partial charge is 0.494 e. The van der Waals surface area contributed by atoms with E-state index in [1.54, 1.807) is 0 Å². The molecule has 1 unspecified atom stereocenters. The maximum Gasteiger partial charge on any atom is 0.122 e. The second kappa shape index (κ2) is 6.50. The van der Waals surface area contributed by atoms with E-state index in [1.165, 1.54) is 11.3 Å². The van der Waals surface area contributed by atoms with Gasteiger partial charge in [0.2, 0.25) is 0 Å². The summed E-state index contributed by atoms with van der Waals surface area (Å²) in [7, 11) is 2.10. The Labute approximate surface area is 105 Å². The zero-order valence-electron chi connectivity index (χ0n) is 11.4. The summed E-state index contributed by atoms with van der Waals surface area (Å²) >= 11 is 0. The first-order valence-corrected chi connectivity index (χ1v) is 6.23. The quantitative estimate of drug-likeness (QED) is 0.824. The lowest BCUT2D eigenvalue weighted by Gasteiger charge is -2.23. The molecule has 17 heavy (non-hydrogen) atoms. The van der Waals surface area contributed by atoms with E-state index in [4.69, 9.17) is 10.5 Å². The minimum Gasteiger partial charge on any atom is -0.494 e. The van der Waals surface area contributed by atoms with Gasteiger partial charge in [-0.05, 0) is 50.1 Å². The van der Waals surface area contributed by atoms with Gasteiger partial charge in [-0.1, -0.05) is 6.92 Å². The number of benzene rings is 1. The Morgan fingerprint density at radius 2 is 2.12 bits per heavy atom. The molecule has 0 bridgehead atoms. The molecular formula is C14H24N2O. The Morgan fingerprint density at radius 3 is 2.65 bits per heavy atom. The first-order chi connectivity index (χ1) is 8.08. The van der Waals surface area contributed by atoms with Gasteiger partial charge in [0.25, 0.3) is 0 Å². The number of nitrogens with zero attached hydrogens (tertiary/aromatic N) is 1. The van der Waals surface area contributed by atoms with Gasteiger partial charge in [-0.15, -0.1) is 0 Å². The molecule has 0 aromatic heterocycles. The number of rotatable bonds is 6. The molecule has 0 saturated heterocycles. The molecule has 0 aliphatic carbocycles. The molecule has 2 N–H and O–H groups in total. The van der Waals surface area contributed by atoms with Crippen molar-refractivity contribution in [3.8, 4) is 5.75 Å². The molecule has 3 heteroatoms. The SMILES string of the molecule is CCOc1ccc(N(C)CC(C)CN)cc1C. The van der Waals surface area contributed by atoms with Crippen LogP contribution in [0, 0.1) is 12.8 Å². The average Bonchev–Trinajstić information content (AvgIpc) is 2.31. The van der Waals surface area contributed by atoms with Crippen LogP contribution < -0.4 is 15.4 Å². The van der Waals surface area contributed by atoms with E-state index in [0.717, 1.165) is 18.8 Å². The fourth-order valence-corrected chi connectivity index (χ4v) is 1.84. The smallest absolute Gasteiger partial charge is 0.122 e. The van der Waals surface area contributed by atoms with Crippen LogP contribution in [0.5, 0.6) is 5.75 Å². The van der Waals surface area contributed by atoms with Crippen LogP contribution >= 0.6 is 0 Å². The standard InChI is InChI=1S/C14H24N2O/c1-5-17-14-7-6-13(8-12(14)3)16(4)10-11(2)9-15/h6-8,11H,5,9-10,15H2,1-4H3. The molecule has 0 radical (unpaired) electrons. The third kappa shape index (κ3) is 3.93. The Balaban J connectivity index is 2.75. The van der Waals surface area contributed by atoms with Crippen molar-refractivity contribution in [2.45, 2.75) is 20.8 Å². The molecule has 0 heterocycles. The first kappa shape index (κ1) is 13.8. The molecule has 0 amide bonds. The monoisotopic (exact) mass is 236 g/mol. The molecule has 1 aromatic rings. The van der Waals surface area contributed by atoms with Crippen molar-refractivity contribution in [2.75, 3.05) is 31.6 Å². The summed E-state index contributed by atoms with van der Waals surface area (Å²) in [6.45, 7) is 8.65. The fraction of sp³-hybridized carbons (Fsp3) is 0.571. The maximum atomic E-state index is 5.65. The van der Waals surface area contributed by atoms with Crippen LogP contribution in [-0.4, -0.2) is 26.7 Å². The van der Waals surface area contributed by atoms with Crippen molar-refractivity contribution in [1.82, 2.24) is 0 Å². The van der Waals surface area contributed by atoms with Gasteiger partial charge in [0, 0.05) is 19.3 Å². The van der Waals surface area contributed by atoms with Crippen LogP contribution in [0.3, 0.4) is 0 Å². The van der Waals surface area contributed by atoms with Gasteiger partial charge in [0.1, 0.15) is 5.75 Å². The number of nitrogens with two attached hydrogens (primary N) is 1. The Morgan fingerprint density at radius 1 is 1.41 bits per heavy atom. The number of ether oxygens (including phenoxy) is 1. The van der Waals surface area contributed by atoms with Crippen LogP contribution in [0.15, 0.2) is 18.2 Å². The summed E-state index contributed by atoms with van der Waals surface area (Å²) in [5, 5.41) is 0. The summed E-state index contributed by atoms with van der Waals surface area (Å²) in [6, 6.07) is 6.30. The summed E-state index contributed by atoms with van der Waals surface area (Å²) in [6.07, 6.45) is 0. The van der Waals surface area contributed by atoms with Crippen LogP contribution in [-0.2, 0) is 0 Å². The second-order valence-electron chi connectivity index (χ2n) is 4.60. The third-order valence-electron chi connectivity index (χ3n) is 2.89. The van der Waals surface area contributed by atoms with Gasteiger partial charge < -0.3 is 15.4 Å². The molecule has 96 valence electrons.